The van der Waals surface area contributed by atoms with Gasteiger partial charge in [-0.3, -0.25) is 9.59 Å². The zero-order valence-electron chi connectivity index (χ0n) is 13.2. The summed E-state index contributed by atoms with van der Waals surface area (Å²) in [5, 5.41) is 6.46. The molecule has 0 spiro atoms. The summed E-state index contributed by atoms with van der Waals surface area (Å²) >= 11 is 0. The number of nitrogens with zero attached hydrogens (tertiary/aromatic N) is 2. The molecular weight excluding hydrogens is 322 g/mol. The molecule has 0 radical (unpaired) electrons. The number of hydrogen-bond acceptors (Lipinski definition) is 5. The second-order valence-electron chi connectivity index (χ2n) is 5.69. The van der Waals surface area contributed by atoms with E-state index >= 15 is 0 Å². The number of anilines is 1. The van der Waals surface area contributed by atoms with Gasteiger partial charge in [0.1, 0.15) is 6.04 Å². The molecule has 126 valence electrons. The predicted octanol–water partition coefficient (Wildman–Crippen LogP) is 2.47. The average molecular weight is 337 g/mol. The first-order valence-corrected chi connectivity index (χ1v) is 7.90. The molecule has 2 aromatic heterocycles. The maximum absolute atomic E-state index is 12.5. The Bertz CT molecular complexity index is 886. The third-order valence-electron chi connectivity index (χ3n) is 4.09. The van der Waals surface area contributed by atoms with Gasteiger partial charge in [-0.2, -0.15) is 0 Å². The zero-order chi connectivity index (χ0) is 17.2. The molecule has 1 fully saturated rings. The van der Waals surface area contributed by atoms with Crippen LogP contribution in [0.2, 0.25) is 0 Å². The van der Waals surface area contributed by atoms with Gasteiger partial charge in [0.25, 0.3) is 5.91 Å². The minimum atomic E-state index is -0.573. The molecule has 1 unspecified atom stereocenters. The third-order valence-corrected chi connectivity index (χ3v) is 4.09. The van der Waals surface area contributed by atoms with Gasteiger partial charge in [-0.1, -0.05) is 23.4 Å². The molecular formula is C18H15N3O4. The van der Waals surface area contributed by atoms with Gasteiger partial charge in [0.2, 0.25) is 11.7 Å². The van der Waals surface area contributed by atoms with Crippen molar-refractivity contribution >= 4 is 17.5 Å². The number of carbonyl (C=O) groups is 2. The summed E-state index contributed by atoms with van der Waals surface area (Å²) in [7, 11) is 0. The van der Waals surface area contributed by atoms with Crippen molar-refractivity contribution in [3.63, 3.8) is 0 Å². The lowest BCUT2D eigenvalue weighted by atomic mass is 10.2. The minimum Gasteiger partial charge on any atom is -0.461 e. The smallest absolute Gasteiger partial charge is 0.274 e. The summed E-state index contributed by atoms with van der Waals surface area (Å²) < 4.78 is 10.3. The van der Waals surface area contributed by atoms with Gasteiger partial charge >= 0.3 is 0 Å². The number of amides is 2. The van der Waals surface area contributed by atoms with E-state index in [2.05, 4.69) is 10.5 Å². The Morgan fingerprint density at radius 3 is 2.76 bits per heavy atom. The lowest BCUT2D eigenvalue weighted by Gasteiger charge is -2.16. The van der Waals surface area contributed by atoms with E-state index in [1.807, 2.05) is 30.3 Å². The van der Waals surface area contributed by atoms with Crippen molar-refractivity contribution in [1.29, 1.82) is 0 Å². The molecule has 0 bridgehead atoms. The van der Waals surface area contributed by atoms with Gasteiger partial charge in [0, 0.05) is 18.3 Å². The van der Waals surface area contributed by atoms with E-state index in [1.54, 1.807) is 17.0 Å². The minimum absolute atomic E-state index is 0.109. The number of para-hydroxylation sites is 1. The summed E-state index contributed by atoms with van der Waals surface area (Å²) in [6.07, 6.45) is 2.05. The second kappa shape index (κ2) is 6.27. The average Bonchev–Trinajstić information content (AvgIpc) is 3.37. The number of carbonyl (C=O) groups excluding carboxylic acids is 2. The molecule has 4 rings (SSSR count). The number of rotatable bonds is 4. The van der Waals surface area contributed by atoms with Gasteiger partial charge in [-0.05, 0) is 30.7 Å². The predicted molar refractivity (Wildman–Crippen MR) is 88.9 cm³/mol. The number of hydrogen-bond donors (Lipinski definition) is 1. The monoisotopic (exact) mass is 337 g/mol. The van der Waals surface area contributed by atoms with Crippen molar-refractivity contribution in [2.45, 2.75) is 12.5 Å². The fourth-order valence-corrected chi connectivity index (χ4v) is 2.83. The molecule has 1 aromatic carbocycles. The van der Waals surface area contributed by atoms with Crippen LogP contribution in [0.4, 0.5) is 5.69 Å². The quantitative estimate of drug-likeness (QED) is 0.790. The summed E-state index contributed by atoms with van der Waals surface area (Å²) in [4.78, 5) is 26.5. The molecule has 0 saturated carbocycles. The van der Waals surface area contributed by atoms with Crippen molar-refractivity contribution in [2.24, 2.45) is 0 Å². The molecule has 3 heterocycles. The molecule has 1 aliphatic heterocycles. The number of aromatic nitrogens is 1. The van der Waals surface area contributed by atoms with Crippen LogP contribution in [0, 0.1) is 0 Å². The first-order chi connectivity index (χ1) is 12.2. The van der Waals surface area contributed by atoms with Crippen molar-refractivity contribution < 1.29 is 18.5 Å². The van der Waals surface area contributed by atoms with E-state index < -0.39 is 11.9 Å². The van der Waals surface area contributed by atoms with Gasteiger partial charge in [0.15, 0.2) is 11.5 Å². The molecule has 0 aliphatic carbocycles. The van der Waals surface area contributed by atoms with Crippen LogP contribution in [0.5, 0.6) is 0 Å². The third kappa shape index (κ3) is 2.91. The van der Waals surface area contributed by atoms with Crippen molar-refractivity contribution in [1.82, 2.24) is 10.5 Å². The highest BCUT2D eigenvalue weighted by atomic mass is 16.5. The Labute approximate surface area is 143 Å². The second-order valence-corrected chi connectivity index (χ2v) is 5.69. The van der Waals surface area contributed by atoms with Crippen LogP contribution in [0.1, 0.15) is 16.9 Å². The Morgan fingerprint density at radius 2 is 2.00 bits per heavy atom. The highest BCUT2D eigenvalue weighted by molar-refractivity contribution is 6.03. The zero-order valence-corrected chi connectivity index (χ0v) is 13.2. The van der Waals surface area contributed by atoms with Crippen LogP contribution < -0.4 is 10.2 Å². The molecule has 25 heavy (non-hydrogen) atoms. The van der Waals surface area contributed by atoms with Gasteiger partial charge in [-0.15, -0.1) is 0 Å². The Balaban J connectivity index is 1.44. The lowest BCUT2D eigenvalue weighted by Crippen LogP contribution is -2.41. The Hall–Kier alpha value is -3.35. The lowest BCUT2D eigenvalue weighted by molar-refractivity contribution is -0.118. The van der Waals surface area contributed by atoms with E-state index in [9.17, 15) is 9.59 Å². The Morgan fingerprint density at radius 1 is 1.16 bits per heavy atom. The Kier molecular flexibility index (Phi) is 3.81. The number of benzene rings is 1. The maximum atomic E-state index is 12.5. The normalized spacial score (nSPS) is 17.0. The highest BCUT2D eigenvalue weighted by Gasteiger charge is 2.34. The highest BCUT2D eigenvalue weighted by Crippen LogP contribution is 2.23. The topological polar surface area (TPSA) is 88.6 Å². The van der Waals surface area contributed by atoms with Crippen LogP contribution >= 0.6 is 0 Å². The molecule has 1 saturated heterocycles. The van der Waals surface area contributed by atoms with Crippen molar-refractivity contribution in [2.75, 3.05) is 11.4 Å². The van der Waals surface area contributed by atoms with Crippen LogP contribution in [-0.2, 0) is 4.79 Å². The fraction of sp³-hybridized carbons (Fsp3) is 0.167. The molecule has 1 aliphatic rings. The first kappa shape index (κ1) is 15.2. The van der Waals surface area contributed by atoms with E-state index in [1.165, 1.54) is 12.3 Å². The fourth-order valence-electron chi connectivity index (χ4n) is 2.83. The summed E-state index contributed by atoms with van der Waals surface area (Å²) in [5.41, 5.74) is 0.933. The van der Waals surface area contributed by atoms with Crippen LogP contribution in [-0.4, -0.2) is 29.6 Å². The van der Waals surface area contributed by atoms with E-state index in [0.717, 1.165) is 5.69 Å². The molecule has 1 N–H and O–H groups in total. The molecule has 7 heteroatoms. The van der Waals surface area contributed by atoms with Gasteiger partial charge in [0.05, 0.1) is 6.26 Å². The first-order valence-electron chi connectivity index (χ1n) is 7.90. The largest absolute Gasteiger partial charge is 0.461 e. The summed E-state index contributed by atoms with van der Waals surface area (Å²) in [6.45, 7) is 0.560. The molecule has 3 aromatic rings. The van der Waals surface area contributed by atoms with Gasteiger partial charge in [-0.25, -0.2) is 0 Å². The van der Waals surface area contributed by atoms with Crippen molar-refractivity contribution in [3.05, 3.63) is 60.5 Å². The number of nitrogens with one attached hydrogen (secondary N) is 1. The van der Waals surface area contributed by atoms with Gasteiger partial charge < -0.3 is 19.2 Å². The van der Waals surface area contributed by atoms with Crippen LogP contribution in [0.15, 0.2) is 63.7 Å². The molecule has 1 atom stereocenters. The summed E-state index contributed by atoms with van der Waals surface area (Å²) in [6, 6.07) is 13.7. The maximum Gasteiger partial charge on any atom is 0.274 e. The SMILES string of the molecule is O=C(NC1CCN(c2ccccc2)C1=O)c1cc(-c2ccco2)on1. The van der Waals surface area contributed by atoms with E-state index in [4.69, 9.17) is 8.94 Å². The van der Waals surface area contributed by atoms with Crippen LogP contribution in [0.3, 0.4) is 0 Å². The van der Waals surface area contributed by atoms with Crippen molar-refractivity contribution in [3.8, 4) is 11.5 Å². The van der Waals surface area contributed by atoms with Crippen LogP contribution in [0.25, 0.3) is 11.5 Å². The molecule has 2 amide bonds. The number of furan rings is 1. The van der Waals surface area contributed by atoms with E-state index in [-0.39, 0.29) is 11.6 Å². The standard InChI is InChI=1S/C18H15N3O4/c22-17(14-11-16(25-20-14)15-7-4-10-24-15)19-13-8-9-21(18(13)23)12-5-2-1-3-6-12/h1-7,10-11,13H,8-9H2,(H,19,22). The summed E-state index contributed by atoms with van der Waals surface area (Å²) in [5.74, 6) is 0.265. The molecule has 7 nitrogen and oxygen atoms in total. The van der Waals surface area contributed by atoms with E-state index in [0.29, 0.717) is 24.5 Å².